The second-order valence-electron chi connectivity index (χ2n) is 9.24. The Labute approximate surface area is 182 Å². The molecule has 5 N–H and O–H groups in total. The largest absolute Gasteiger partial charge is 0.508 e. The fraction of sp³-hybridized carbons (Fsp3) is 0.760. The van der Waals surface area contributed by atoms with Crippen molar-refractivity contribution in [3.05, 3.63) is 23.8 Å². The Morgan fingerprint density at radius 1 is 0.733 bits per heavy atom. The fourth-order valence-electron chi connectivity index (χ4n) is 4.16. The van der Waals surface area contributed by atoms with E-state index < -0.39 is 24.2 Å². The molecule has 0 fully saturated rings. The quantitative estimate of drug-likeness (QED) is 0.228. The molecule has 1 rings (SSSR count). The van der Waals surface area contributed by atoms with Crippen LogP contribution in [0.25, 0.3) is 0 Å². The van der Waals surface area contributed by atoms with E-state index in [1.165, 1.54) is 56.7 Å². The zero-order valence-corrected chi connectivity index (χ0v) is 19.1. The van der Waals surface area contributed by atoms with Crippen LogP contribution in [-0.2, 0) is 0 Å². The van der Waals surface area contributed by atoms with Crippen molar-refractivity contribution in [3.8, 4) is 11.5 Å². The summed E-state index contributed by atoms with van der Waals surface area (Å²) in [5, 5.41) is 51.4. The monoisotopic (exact) mass is 424 g/mol. The van der Waals surface area contributed by atoms with Gasteiger partial charge in [0, 0.05) is 12.0 Å². The van der Waals surface area contributed by atoms with Crippen molar-refractivity contribution >= 4 is 0 Å². The van der Waals surface area contributed by atoms with Crippen molar-refractivity contribution < 1.29 is 25.5 Å². The maximum absolute atomic E-state index is 10.8. The van der Waals surface area contributed by atoms with Gasteiger partial charge in [0.1, 0.15) is 11.5 Å². The molecule has 0 aliphatic rings. The van der Waals surface area contributed by atoms with Crippen LogP contribution in [0.4, 0.5) is 0 Å². The molecule has 0 saturated heterocycles. The Morgan fingerprint density at radius 2 is 1.27 bits per heavy atom. The van der Waals surface area contributed by atoms with Crippen LogP contribution in [0.5, 0.6) is 11.5 Å². The maximum Gasteiger partial charge on any atom is 0.119 e. The van der Waals surface area contributed by atoms with Gasteiger partial charge in [0.25, 0.3) is 0 Å². The molecule has 4 atom stereocenters. The van der Waals surface area contributed by atoms with Crippen molar-refractivity contribution in [1.29, 1.82) is 0 Å². The van der Waals surface area contributed by atoms with Gasteiger partial charge in [0.15, 0.2) is 0 Å². The molecule has 0 spiro atoms. The number of phenols is 2. The number of aliphatic hydroxyl groups is 3. The number of hydrogen-bond acceptors (Lipinski definition) is 5. The van der Waals surface area contributed by atoms with Crippen molar-refractivity contribution in [2.24, 2.45) is 11.8 Å². The van der Waals surface area contributed by atoms with Gasteiger partial charge in [-0.05, 0) is 42.9 Å². The van der Waals surface area contributed by atoms with E-state index in [0.29, 0.717) is 18.4 Å². The standard InChI is InChI=1S/C25H44O5/c1-4-5-6-7-8-9-10-11-12-20(26)17-24(29)23(13-18(2)3)25(30)19-14-21(27)16-22(28)15-19/h14-16,18,20,23-30H,4-13,17H2,1-3H3/t20-,23-,24-,25+/m0/s1. The molecule has 5 nitrogen and oxygen atoms in total. The van der Waals surface area contributed by atoms with Gasteiger partial charge >= 0.3 is 0 Å². The van der Waals surface area contributed by atoms with E-state index in [1.54, 1.807) is 0 Å². The first kappa shape index (κ1) is 26.7. The third kappa shape index (κ3) is 10.6. The van der Waals surface area contributed by atoms with E-state index >= 15 is 0 Å². The van der Waals surface area contributed by atoms with Crippen LogP contribution in [0.2, 0.25) is 0 Å². The molecule has 1 aromatic carbocycles. The van der Waals surface area contributed by atoms with E-state index in [1.807, 2.05) is 13.8 Å². The number of aliphatic hydroxyl groups excluding tert-OH is 3. The highest BCUT2D eigenvalue weighted by atomic mass is 16.3. The number of benzene rings is 1. The lowest BCUT2D eigenvalue weighted by Crippen LogP contribution is -2.31. The first-order valence-electron chi connectivity index (χ1n) is 11.8. The van der Waals surface area contributed by atoms with Gasteiger partial charge in [0.05, 0.1) is 18.3 Å². The molecule has 0 unspecified atom stereocenters. The molecular formula is C25H44O5. The van der Waals surface area contributed by atoms with E-state index in [4.69, 9.17) is 0 Å². The predicted molar refractivity (Wildman–Crippen MR) is 122 cm³/mol. The highest BCUT2D eigenvalue weighted by Crippen LogP contribution is 2.35. The second kappa shape index (κ2) is 14.7. The lowest BCUT2D eigenvalue weighted by atomic mass is 9.82. The summed E-state index contributed by atoms with van der Waals surface area (Å²) in [6, 6.07) is 4.01. The van der Waals surface area contributed by atoms with Gasteiger partial charge in [0.2, 0.25) is 0 Å². The number of hydrogen-bond donors (Lipinski definition) is 5. The first-order valence-corrected chi connectivity index (χ1v) is 11.8. The second-order valence-corrected chi connectivity index (χ2v) is 9.24. The number of unbranched alkanes of at least 4 members (excludes halogenated alkanes) is 7. The number of aromatic hydroxyl groups is 2. The molecule has 0 saturated carbocycles. The van der Waals surface area contributed by atoms with Crippen LogP contribution in [0.15, 0.2) is 18.2 Å². The van der Waals surface area contributed by atoms with Crippen molar-refractivity contribution in [2.75, 3.05) is 0 Å². The minimum atomic E-state index is -1.03. The third-order valence-corrected chi connectivity index (χ3v) is 5.81. The minimum Gasteiger partial charge on any atom is -0.508 e. The molecule has 0 radical (unpaired) electrons. The van der Waals surface area contributed by atoms with Crippen LogP contribution < -0.4 is 0 Å². The zero-order valence-electron chi connectivity index (χ0n) is 19.1. The SMILES string of the molecule is CCCCCCCCCC[C@H](O)C[C@H](O)[C@H](CC(C)C)[C@H](O)c1cc(O)cc(O)c1. The van der Waals surface area contributed by atoms with Crippen molar-refractivity contribution in [2.45, 2.75) is 110 Å². The molecular weight excluding hydrogens is 380 g/mol. The average Bonchev–Trinajstić information content (AvgIpc) is 2.66. The van der Waals surface area contributed by atoms with Gasteiger partial charge < -0.3 is 25.5 Å². The van der Waals surface area contributed by atoms with Gasteiger partial charge in [-0.25, -0.2) is 0 Å². The summed E-state index contributed by atoms with van der Waals surface area (Å²) in [6.07, 6.45) is 8.59. The number of rotatable bonds is 16. The molecule has 30 heavy (non-hydrogen) atoms. The van der Waals surface area contributed by atoms with Crippen molar-refractivity contribution in [1.82, 2.24) is 0 Å². The van der Waals surface area contributed by atoms with Crippen molar-refractivity contribution in [3.63, 3.8) is 0 Å². The summed E-state index contributed by atoms with van der Waals surface area (Å²) >= 11 is 0. The molecule has 0 heterocycles. The Morgan fingerprint density at radius 3 is 1.80 bits per heavy atom. The van der Waals surface area contributed by atoms with E-state index in [0.717, 1.165) is 12.8 Å². The Hall–Kier alpha value is -1.30. The van der Waals surface area contributed by atoms with Gasteiger partial charge in [-0.2, -0.15) is 0 Å². The van der Waals surface area contributed by atoms with E-state index in [9.17, 15) is 25.5 Å². The Balaban J connectivity index is 2.52. The summed E-state index contributed by atoms with van der Waals surface area (Å²) < 4.78 is 0. The fourth-order valence-corrected chi connectivity index (χ4v) is 4.16. The van der Waals surface area contributed by atoms with Crippen LogP contribution in [0, 0.1) is 11.8 Å². The molecule has 0 aromatic heterocycles. The summed E-state index contributed by atoms with van der Waals surface area (Å²) in [7, 11) is 0. The minimum absolute atomic E-state index is 0.128. The molecule has 1 aromatic rings. The van der Waals surface area contributed by atoms with Gasteiger partial charge in [-0.1, -0.05) is 72.1 Å². The van der Waals surface area contributed by atoms with Crippen LogP contribution in [-0.4, -0.2) is 37.7 Å². The van der Waals surface area contributed by atoms with Gasteiger partial charge in [-0.15, -0.1) is 0 Å². The van der Waals surface area contributed by atoms with Gasteiger partial charge in [-0.3, -0.25) is 0 Å². The topological polar surface area (TPSA) is 101 Å². The van der Waals surface area contributed by atoms with Crippen LogP contribution >= 0.6 is 0 Å². The smallest absolute Gasteiger partial charge is 0.119 e. The van der Waals surface area contributed by atoms with E-state index in [2.05, 4.69) is 6.92 Å². The third-order valence-electron chi connectivity index (χ3n) is 5.81. The highest BCUT2D eigenvalue weighted by Gasteiger charge is 2.30. The lowest BCUT2D eigenvalue weighted by molar-refractivity contribution is -0.0250. The van der Waals surface area contributed by atoms with E-state index in [-0.39, 0.29) is 23.8 Å². The molecule has 174 valence electrons. The predicted octanol–water partition coefficient (Wildman–Crippen LogP) is 5.44. The zero-order chi connectivity index (χ0) is 22.5. The summed E-state index contributed by atoms with van der Waals surface area (Å²) in [6.45, 7) is 6.25. The van der Waals surface area contributed by atoms with Crippen LogP contribution in [0.3, 0.4) is 0 Å². The molecule has 0 bridgehead atoms. The Kier molecular flexibility index (Phi) is 13.1. The summed E-state index contributed by atoms with van der Waals surface area (Å²) in [5.74, 6) is -0.498. The normalized spacial score (nSPS) is 15.8. The lowest BCUT2D eigenvalue weighted by Gasteiger charge is -2.30. The Bertz CT molecular complexity index is 554. The first-order chi connectivity index (χ1) is 14.2. The molecule has 5 heteroatoms. The average molecular weight is 425 g/mol. The molecule has 0 amide bonds. The summed E-state index contributed by atoms with van der Waals surface area (Å²) in [5.41, 5.74) is 0.370. The highest BCUT2D eigenvalue weighted by molar-refractivity contribution is 5.37. The molecule has 0 aliphatic carbocycles. The van der Waals surface area contributed by atoms with Crippen LogP contribution in [0.1, 0.15) is 103 Å². The maximum atomic E-state index is 10.8. The molecule has 0 aliphatic heterocycles. The summed E-state index contributed by atoms with van der Waals surface area (Å²) in [4.78, 5) is 0. The number of phenolic OH excluding ortho intramolecular Hbond substituents is 2.